The number of methoxy groups -OCH3 is 2. The molecule has 0 aliphatic heterocycles. The lowest BCUT2D eigenvalue weighted by atomic mass is 10.2. The van der Waals surface area contributed by atoms with Gasteiger partial charge in [-0.25, -0.2) is 4.98 Å². The van der Waals surface area contributed by atoms with Gasteiger partial charge in [0, 0.05) is 7.11 Å². The topological polar surface area (TPSA) is 48.4 Å². The van der Waals surface area contributed by atoms with Crippen LogP contribution in [0.2, 0.25) is 0 Å². The molecule has 1 atom stereocenters. The lowest BCUT2D eigenvalue weighted by Crippen LogP contribution is -2.09. The molecule has 1 aromatic carbocycles. The third-order valence-electron chi connectivity index (χ3n) is 2.45. The summed E-state index contributed by atoms with van der Waals surface area (Å²) in [6.07, 6.45) is -0.146. The van der Waals surface area contributed by atoms with Crippen LogP contribution in [0.4, 0.5) is 0 Å². The van der Waals surface area contributed by atoms with Crippen LogP contribution >= 0.6 is 11.3 Å². The van der Waals surface area contributed by atoms with Crippen molar-refractivity contribution in [3.63, 3.8) is 0 Å². The fourth-order valence-corrected chi connectivity index (χ4v) is 2.58. The molecule has 0 N–H and O–H groups in total. The van der Waals surface area contributed by atoms with Gasteiger partial charge in [0.15, 0.2) is 0 Å². The Labute approximate surface area is 103 Å². The number of benzene rings is 1. The standard InChI is InChI=1S/C12H13NO3S/c1-15-9(7-11(14)16-2)12-13-8-5-3-4-6-10(8)17-12/h3-6,9H,7H2,1-2H3/t9-/m0/s1. The quantitative estimate of drug-likeness (QED) is 0.783. The highest BCUT2D eigenvalue weighted by atomic mass is 32.1. The number of carbonyl (C=O) groups is 1. The molecule has 90 valence electrons. The van der Waals surface area contributed by atoms with Gasteiger partial charge in [-0.15, -0.1) is 11.3 Å². The summed E-state index contributed by atoms with van der Waals surface area (Å²) in [5.74, 6) is -0.295. The Balaban J connectivity index is 2.27. The van der Waals surface area contributed by atoms with E-state index in [0.29, 0.717) is 0 Å². The summed E-state index contributed by atoms with van der Waals surface area (Å²) in [6.45, 7) is 0. The molecule has 0 amide bonds. The van der Waals surface area contributed by atoms with Gasteiger partial charge in [-0.3, -0.25) is 4.79 Å². The highest BCUT2D eigenvalue weighted by molar-refractivity contribution is 7.18. The zero-order valence-corrected chi connectivity index (χ0v) is 10.5. The molecule has 4 nitrogen and oxygen atoms in total. The van der Waals surface area contributed by atoms with Crippen molar-refractivity contribution in [3.05, 3.63) is 29.3 Å². The van der Waals surface area contributed by atoms with Gasteiger partial charge in [0.1, 0.15) is 11.1 Å². The summed E-state index contributed by atoms with van der Waals surface area (Å²) in [6, 6.07) is 7.85. The van der Waals surface area contributed by atoms with Crippen molar-refractivity contribution >= 4 is 27.5 Å². The monoisotopic (exact) mass is 251 g/mol. The first-order chi connectivity index (χ1) is 8.24. The number of aromatic nitrogens is 1. The number of nitrogens with zero attached hydrogens (tertiary/aromatic N) is 1. The largest absolute Gasteiger partial charge is 0.469 e. The number of hydrogen-bond acceptors (Lipinski definition) is 5. The van der Waals surface area contributed by atoms with E-state index < -0.39 is 0 Å². The molecular formula is C12H13NO3S. The number of para-hydroxylation sites is 1. The zero-order chi connectivity index (χ0) is 12.3. The van der Waals surface area contributed by atoms with Crippen molar-refractivity contribution in [1.82, 2.24) is 4.98 Å². The molecule has 0 saturated carbocycles. The molecule has 0 aliphatic rings. The highest BCUT2D eigenvalue weighted by Crippen LogP contribution is 2.29. The Morgan fingerprint density at radius 3 is 2.82 bits per heavy atom. The molecule has 1 aromatic heterocycles. The number of thiazole rings is 1. The number of ether oxygens (including phenoxy) is 2. The van der Waals surface area contributed by atoms with Crippen LogP contribution in [0.5, 0.6) is 0 Å². The summed E-state index contributed by atoms with van der Waals surface area (Å²) < 4.78 is 11.0. The zero-order valence-electron chi connectivity index (χ0n) is 9.67. The van der Waals surface area contributed by atoms with Crippen LogP contribution in [0.25, 0.3) is 10.2 Å². The van der Waals surface area contributed by atoms with E-state index in [4.69, 9.17) is 4.74 Å². The first-order valence-electron chi connectivity index (χ1n) is 5.19. The molecule has 0 bridgehead atoms. The third-order valence-corrected chi connectivity index (χ3v) is 3.58. The molecule has 0 spiro atoms. The van der Waals surface area contributed by atoms with Gasteiger partial charge in [0.2, 0.25) is 0 Å². The van der Waals surface area contributed by atoms with Crippen LogP contribution in [0.15, 0.2) is 24.3 Å². The van der Waals surface area contributed by atoms with Crippen molar-refractivity contribution in [1.29, 1.82) is 0 Å². The van der Waals surface area contributed by atoms with Gasteiger partial charge in [-0.1, -0.05) is 12.1 Å². The molecule has 17 heavy (non-hydrogen) atoms. The van der Waals surface area contributed by atoms with Crippen molar-refractivity contribution in [2.24, 2.45) is 0 Å². The van der Waals surface area contributed by atoms with Crippen LogP contribution in [0, 0.1) is 0 Å². The molecule has 0 saturated heterocycles. The molecular weight excluding hydrogens is 238 g/mol. The van der Waals surface area contributed by atoms with Gasteiger partial charge >= 0.3 is 5.97 Å². The fourth-order valence-electron chi connectivity index (χ4n) is 1.53. The van der Waals surface area contributed by atoms with Crippen LogP contribution in [-0.4, -0.2) is 25.2 Å². The average molecular weight is 251 g/mol. The lowest BCUT2D eigenvalue weighted by molar-refractivity contribution is -0.143. The second kappa shape index (κ2) is 5.25. The van der Waals surface area contributed by atoms with Crippen LogP contribution < -0.4 is 0 Å². The maximum atomic E-state index is 11.2. The van der Waals surface area contributed by atoms with Gasteiger partial charge in [-0.05, 0) is 12.1 Å². The molecule has 5 heteroatoms. The first-order valence-corrected chi connectivity index (χ1v) is 6.01. The first kappa shape index (κ1) is 12.0. The molecule has 1 heterocycles. The van der Waals surface area contributed by atoms with E-state index in [9.17, 15) is 4.79 Å². The molecule has 0 radical (unpaired) electrons. The molecule has 0 fully saturated rings. The number of hydrogen-bond donors (Lipinski definition) is 0. The van der Waals surface area contributed by atoms with Crippen molar-refractivity contribution in [2.75, 3.05) is 14.2 Å². The predicted molar refractivity (Wildman–Crippen MR) is 66.0 cm³/mol. The van der Waals surface area contributed by atoms with Gasteiger partial charge in [0.25, 0.3) is 0 Å². The Morgan fingerprint density at radius 2 is 2.18 bits per heavy atom. The normalized spacial score (nSPS) is 12.6. The fraction of sp³-hybridized carbons (Fsp3) is 0.333. The molecule has 2 aromatic rings. The minimum atomic E-state index is -0.333. The summed E-state index contributed by atoms with van der Waals surface area (Å²) in [4.78, 5) is 15.7. The van der Waals surface area contributed by atoms with E-state index in [-0.39, 0.29) is 18.5 Å². The minimum absolute atomic E-state index is 0.187. The van der Waals surface area contributed by atoms with Gasteiger partial charge in [0.05, 0.1) is 23.7 Å². The summed E-state index contributed by atoms with van der Waals surface area (Å²) in [7, 11) is 2.94. The number of rotatable bonds is 4. The van der Waals surface area contributed by atoms with Gasteiger partial charge in [-0.2, -0.15) is 0 Å². The third kappa shape index (κ3) is 2.62. The SMILES string of the molecule is COC(=O)C[C@H](OC)c1nc2ccccc2s1. The summed E-state index contributed by atoms with van der Waals surface area (Å²) in [5, 5.41) is 0.805. The second-order valence-corrected chi connectivity index (χ2v) is 4.59. The van der Waals surface area contributed by atoms with Crippen LogP contribution in [0.1, 0.15) is 17.5 Å². The Bertz CT molecular complexity index is 490. The minimum Gasteiger partial charge on any atom is -0.469 e. The number of carbonyl (C=O) groups excluding carboxylic acids is 1. The number of esters is 1. The number of fused-ring (bicyclic) bond motifs is 1. The Morgan fingerprint density at radius 1 is 1.41 bits per heavy atom. The summed E-state index contributed by atoms with van der Waals surface area (Å²) >= 11 is 1.54. The van der Waals surface area contributed by atoms with E-state index >= 15 is 0 Å². The Kier molecular flexibility index (Phi) is 3.71. The van der Waals surface area contributed by atoms with Crippen molar-refractivity contribution in [3.8, 4) is 0 Å². The van der Waals surface area contributed by atoms with E-state index in [1.165, 1.54) is 18.4 Å². The van der Waals surface area contributed by atoms with Gasteiger partial charge < -0.3 is 9.47 Å². The van der Waals surface area contributed by atoms with Crippen LogP contribution in [0.3, 0.4) is 0 Å². The van der Waals surface area contributed by atoms with Crippen LogP contribution in [-0.2, 0) is 14.3 Å². The lowest BCUT2D eigenvalue weighted by Gasteiger charge is -2.10. The summed E-state index contributed by atoms with van der Waals surface area (Å²) in [5.41, 5.74) is 0.930. The maximum Gasteiger partial charge on any atom is 0.308 e. The van der Waals surface area contributed by atoms with Crippen molar-refractivity contribution < 1.29 is 14.3 Å². The van der Waals surface area contributed by atoms with E-state index in [1.54, 1.807) is 7.11 Å². The van der Waals surface area contributed by atoms with E-state index in [0.717, 1.165) is 15.2 Å². The molecule has 0 unspecified atom stereocenters. The maximum absolute atomic E-state index is 11.2. The highest BCUT2D eigenvalue weighted by Gasteiger charge is 2.19. The Hall–Kier alpha value is -1.46. The van der Waals surface area contributed by atoms with Crippen molar-refractivity contribution in [2.45, 2.75) is 12.5 Å². The van der Waals surface area contributed by atoms with E-state index in [1.807, 2.05) is 24.3 Å². The molecule has 0 aliphatic carbocycles. The predicted octanol–water partition coefficient (Wildman–Crippen LogP) is 2.55. The smallest absolute Gasteiger partial charge is 0.308 e. The average Bonchev–Trinajstić information content (AvgIpc) is 2.78. The second-order valence-electron chi connectivity index (χ2n) is 3.52. The molecule has 2 rings (SSSR count). The van der Waals surface area contributed by atoms with E-state index in [2.05, 4.69) is 9.72 Å².